The first-order chi connectivity index (χ1) is 8.24. The number of halogens is 1. The highest BCUT2D eigenvalue weighted by atomic mass is 19.1. The topological polar surface area (TPSA) is 34.0 Å². The van der Waals surface area contributed by atoms with E-state index >= 15 is 0 Å². The lowest BCUT2D eigenvalue weighted by Gasteiger charge is -2.06. The Bertz CT molecular complexity index is 477. The number of carbonyl (C=O) groups excluding carboxylic acids is 1. The van der Waals surface area contributed by atoms with E-state index in [4.69, 9.17) is 0 Å². The number of nitrogens with zero attached hydrogens (tertiary/aromatic N) is 1. The maximum atomic E-state index is 12.6. The summed E-state index contributed by atoms with van der Waals surface area (Å²) in [4.78, 5) is 11.5. The zero-order chi connectivity index (χ0) is 12.1. The van der Waals surface area contributed by atoms with Crippen LogP contribution in [-0.2, 0) is 17.9 Å². The SMILES string of the molecule is O=C(Cn1cccc1)NCc1ccc(F)cc1. The number of carbonyl (C=O) groups is 1. The highest BCUT2D eigenvalue weighted by Crippen LogP contribution is 2.02. The lowest BCUT2D eigenvalue weighted by atomic mass is 10.2. The van der Waals surface area contributed by atoms with Gasteiger partial charge in [-0.05, 0) is 29.8 Å². The van der Waals surface area contributed by atoms with E-state index in [1.165, 1.54) is 12.1 Å². The Hall–Kier alpha value is -2.10. The average Bonchev–Trinajstić information content (AvgIpc) is 2.81. The van der Waals surface area contributed by atoms with Gasteiger partial charge in [0.1, 0.15) is 12.4 Å². The molecular weight excluding hydrogens is 219 g/mol. The number of amides is 1. The molecule has 1 heterocycles. The molecule has 17 heavy (non-hydrogen) atoms. The van der Waals surface area contributed by atoms with Gasteiger partial charge in [0, 0.05) is 18.9 Å². The van der Waals surface area contributed by atoms with Crippen LogP contribution in [-0.4, -0.2) is 10.5 Å². The highest BCUT2D eigenvalue weighted by Gasteiger charge is 2.01. The minimum atomic E-state index is -0.271. The van der Waals surface area contributed by atoms with Crippen LogP contribution >= 0.6 is 0 Å². The van der Waals surface area contributed by atoms with Crippen molar-refractivity contribution in [2.75, 3.05) is 0 Å². The van der Waals surface area contributed by atoms with Crippen LogP contribution in [0.25, 0.3) is 0 Å². The molecule has 0 aliphatic rings. The van der Waals surface area contributed by atoms with Crippen LogP contribution in [0.15, 0.2) is 48.8 Å². The van der Waals surface area contributed by atoms with Gasteiger partial charge in [-0.25, -0.2) is 4.39 Å². The summed E-state index contributed by atoms with van der Waals surface area (Å²) in [5.74, 6) is -0.335. The Labute approximate surface area is 98.9 Å². The molecule has 0 saturated heterocycles. The summed E-state index contributed by atoms with van der Waals surface area (Å²) in [6, 6.07) is 9.82. The highest BCUT2D eigenvalue weighted by molar-refractivity contribution is 5.75. The summed E-state index contributed by atoms with van der Waals surface area (Å²) in [5, 5.41) is 2.77. The third-order valence-corrected chi connectivity index (χ3v) is 2.40. The summed E-state index contributed by atoms with van der Waals surface area (Å²) in [6.45, 7) is 0.717. The average molecular weight is 232 g/mol. The van der Waals surface area contributed by atoms with Crippen molar-refractivity contribution in [2.45, 2.75) is 13.1 Å². The van der Waals surface area contributed by atoms with Crippen LogP contribution in [0.1, 0.15) is 5.56 Å². The number of nitrogens with one attached hydrogen (secondary N) is 1. The minimum Gasteiger partial charge on any atom is -0.350 e. The first-order valence-electron chi connectivity index (χ1n) is 5.36. The lowest BCUT2D eigenvalue weighted by molar-refractivity contribution is -0.121. The van der Waals surface area contributed by atoms with E-state index in [0.29, 0.717) is 13.1 Å². The van der Waals surface area contributed by atoms with Gasteiger partial charge in [-0.1, -0.05) is 12.1 Å². The van der Waals surface area contributed by atoms with Gasteiger partial charge in [0.25, 0.3) is 0 Å². The molecular formula is C13H13FN2O. The van der Waals surface area contributed by atoms with E-state index in [2.05, 4.69) is 5.32 Å². The molecule has 0 aliphatic heterocycles. The number of aromatic nitrogens is 1. The van der Waals surface area contributed by atoms with Gasteiger partial charge in [-0.15, -0.1) is 0 Å². The maximum absolute atomic E-state index is 12.6. The Balaban J connectivity index is 1.82. The van der Waals surface area contributed by atoms with Crippen LogP contribution < -0.4 is 5.32 Å². The van der Waals surface area contributed by atoms with Crippen molar-refractivity contribution in [3.05, 3.63) is 60.2 Å². The smallest absolute Gasteiger partial charge is 0.240 e. The van der Waals surface area contributed by atoms with E-state index in [0.717, 1.165) is 5.56 Å². The van der Waals surface area contributed by atoms with E-state index < -0.39 is 0 Å². The minimum absolute atomic E-state index is 0.0643. The molecule has 0 spiro atoms. The molecule has 88 valence electrons. The molecule has 0 radical (unpaired) electrons. The van der Waals surface area contributed by atoms with Gasteiger partial charge in [0.05, 0.1) is 0 Å². The molecule has 3 nitrogen and oxygen atoms in total. The Morgan fingerprint density at radius 2 is 1.82 bits per heavy atom. The van der Waals surface area contributed by atoms with Gasteiger partial charge < -0.3 is 9.88 Å². The first-order valence-corrected chi connectivity index (χ1v) is 5.36. The van der Waals surface area contributed by atoms with Gasteiger partial charge in [-0.3, -0.25) is 4.79 Å². The predicted octanol–water partition coefficient (Wildman–Crippen LogP) is 1.94. The second-order valence-electron chi connectivity index (χ2n) is 3.76. The third-order valence-electron chi connectivity index (χ3n) is 2.40. The van der Waals surface area contributed by atoms with Gasteiger partial charge in [0.2, 0.25) is 5.91 Å². The van der Waals surface area contributed by atoms with E-state index in [9.17, 15) is 9.18 Å². The molecule has 4 heteroatoms. The summed E-state index contributed by atoms with van der Waals surface area (Å²) in [5.41, 5.74) is 0.882. The molecule has 0 aliphatic carbocycles. The second-order valence-corrected chi connectivity index (χ2v) is 3.76. The van der Waals surface area contributed by atoms with E-state index in [-0.39, 0.29) is 11.7 Å². The molecule has 1 aromatic carbocycles. The monoisotopic (exact) mass is 232 g/mol. The second kappa shape index (κ2) is 5.30. The maximum Gasteiger partial charge on any atom is 0.240 e. The molecule has 1 amide bonds. The van der Waals surface area contributed by atoms with Crippen LogP contribution in [0.5, 0.6) is 0 Å². The number of hydrogen-bond acceptors (Lipinski definition) is 1. The quantitative estimate of drug-likeness (QED) is 0.858. The number of rotatable bonds is 4. The first kappa shape index (κ1) is 11.4. The van der Waals surface area contributed by atoms with Crippen molar-refractivity contribution in [2.24, 2.45) is 0 Å². The summed E-state index contributed by atoms with van der Waals surface area (Å²) >= 11 is 0. The standard InChI is InChI=1S/C13H13FN2O/c14-12-5-3-11(4-6-12)9-15-13(17)10-16-7-1-2-8-16/h1-8H,9-10H2,(H,15,17). The normalized spacial score (nSPS) is 10.2. The molecule has 2 rings (SSSR count). The summed E-state index contributed by atoms with van der Waals surface area (Å²) in [6.07, 6.45) is 3.66. The zero-order valence-corrected chi connectivity index (χ0v) is 9.27. The zero-order valence-electron chi connectivity index (χ0n) is 9.27. The van der Waals surface area contributed by atoms with Gasteiger partial charge in [-0.2, -0.15) is 0 Å². The van der Waals surface area contributed by atoms with Crippen molar-refractivity contribution < 1.29 is 9.18 Å². The van der Waals surface area contributed by atoms with E-state index in [1.807, 2.05) is 24.5 Å². The van der Waals surface area contributed by atoms with Crippen LogP contribution in [0, 0.1) is 5.82 Å². The Morgan fingerprint density at radius 3 is 2.47 bits per heavy atom. The predicted molar refractivity (Wildman–Crippen MR) is 62.7 cm³/mol. The summed E-state index contributed by atoms with van der Waals surface area (Å²) in [7, 11) is 0. The van der Waals surface area contributed by atoms with Crippen molar-refractivity contribution >= 4 is 5.91 Å². The van der Waals surface area contributed by atoms with Gasteiger partial charge in [0.15, 0.2) is 0 Å². The van der Waals surface area contributed by atoms with Crippen molar-refractivity contribution in [3.8, 4) is 0 Å². The molecule has 1 aromatic heterocycles. The fraction of sp³-hybridized carbons (Fsp3) is 0.154. The molecule has 2 aromatic rings. The van der Waals surface area contributed by atoms with Crippen molar-refractivity contribution in [1.29, 1.82) is 0 Å². The molecule has 0 saturated carbocycles. The third kappa shape index (κ3) is 3.45. The Kier molecular flexibility index (Phi) is 3.55. The van der Waals surface area contributed by atoms with Crippen molar-refractivity contribution in [1.82, 2.24) is 9.88 Å². The van der Waals surface area contributed by atoms with Crippen LogP contribution in [0.2, 0.25) is 0 Å². The van der Waals surface area contributed by atoms with Crippen molar-refractivity contribution in [3.63, 3.8) is 0 Å². The molecule has 0 fully saturated rings. The number of benzene rings is 1. The molecule has 0 atom stereocenters. The van der Waals surface area contributed by atoms with Crippen LogP contribution in [0.4, 0.5) is 4.39 Å². The number of hydrogen-bond donors (Lipinski definition) is 1. The fourth-order valence-electron chi connectivity index (χ4n) is 1.50. The summed E-state index contributed by atoms with van der Waals surface area (Å²) < 4.78 is 14.4. The van der Waals surface area contributed by atoms with Gasteiger partial charge >= 0.3 is 0 Å². The van der Waals surface area contributed by atoms with E-state index in [1.54, 1.807) is 16.7 Å². The fourth-order valence-corrected chi connectivity index (χ4v) is 1.50. The lowest BCUT2D eigenvalue weighted by Crippen LogP contribution is -2.26. The molecule has 0 bridgehead atoms. The molecule has 1 N–H and O–H groups in total. The Morgan fingerprint density at radius 1 is 1.18 bits per heavy atom. The van der Waals surface area contributed by atoms with Crippen LogP contribution in [0.3, 0.4) is 0 Å². The molecule has 0 unspecified atom stereocenters. The largest absolute Gasteiger partial charge is 0.350 e.